The molecular weight excluding hydrogens is 199 g/mol. The van der Waals surface area contributed by atoms with E-state index in [1.54, 1.807) is 0 Å². The Labute approximate surface area is 86.5 Å². The summed E-state index contributed by atoms with van der Waals surface area (Å²) in [6.07, 6.45) is 1.42. The lowest BCUT2D eigenvalue weighted by atomic mass is 10.2. The minimum Gasteiger partial charge on any atom is -0.336 e. The van der Waals surface area contributed by atoms with E-state index in [4.69, 9.17) is 0 Å². The number of amides is 2. The lowest BCUT2D eigenvalue weighted by molar-refractivity contribution is -0.117. The first-order chi connectivity index (χ1) is 7.13. The first-order valence-electron chi connectivity index (χ1n) is 4.32. The van der Waals surface area contributed by atoms with Crippen LogP contribution in [0.3, 0.4) is 0 Å². The fourth-order valence-electron chi connectivity index (χ4n) is 0.938. The summed E-state index contributed by atoms with van der Waals surface area (Å²) in [4.78, 5) is 21.3. The smallest absolute Gasteiger partial charge is 0.309 e. The molecule has 1 aromatic rings. The van der Waals surface area contributed by atoms with Crippen LogP contribution in [0, 0.1) is 5.82 Å². The van der Waals surface area contributed by atoms with E-state index in [9.17, 15) is 14.0 Å². The third-order valence-electron chi connectivity index (χ3n) is 1.78. The summed E-state index contributed by atoms with van der Waals surface area (Å²) < 4.78 is 12.5. The van der Waals surface area contributed by atoms with Crippen LogP contribution in [-0.4, -0.2) is 18.4 Å². The average molecular weight is 209 g/mol. The predicted molar refractivity (Wildman–Crippen MR) is 53.3 cm³/mol. The molecule has 0 heterocycles. The summed E-state index contributed by atoms with van der Waals surface area (Å²) in [7, 11) is 0. The van der Waals surface area contributed by atoms with Crippen molar-refractivity contribution in [2.75, 3.05) is 5.32 Å². The van der Waals surface area contributed by atoms with Crippen molar-refractivity contribution in [3.63, 3.8) is 0 Å². The molecule has 0 unspecified atom stereocenters. The van der Waals surface area contributed by atoms with Crippen molar-refractivity contribution in [2.45, 2.75) is 13.0 Å². The molecule has 0 spiro atoms. The highest BCUT2D eigenvalue weighted by Gasteiger charge is 2.11. The predicted octanol–water partition coefficient (Wildman–Crippen LogP) is 0.809. The van der Waals surface area contributed by atoms with Crippen LogP contribution in [0.15, 0.2) is 24.3 Å². The number of carbonyl (C=O) groups excluding carboxylic acids is 2. The van der Waals surface area contributed by atoms with Gasteiger partial charge in [-0.15, -0.1) is 0 Å². The number of hydrogen-bond acceptors (Lipinski definition) is 2. The fourth-order valence-corrected chi connectivity index (χ4v) is 0.938. The Bertz CT molecular complexity index is 351. The second-order valence-corrected chi connectivity index (χ2v) is 2.96. The summed E-state index contributed by atoms with van der Waals surface area (Å²) in [6, 6.07) is 4.67. The number of hydrogen-bond donors (Lipinski definition) is 2. The van der Waals surface area contributed by atoms with E-state index >= 15 is 0 Å². The van der Waals surface area contributed by atoms with Gasteiger partial charge in [0.15, 0.2) is 0 Å². The molecule has 0 aliphatic rings. The Balaban J connectivity index is 2.58. The highest BCUT2D eigenvalue weighted by molar-refractivity contribution is 5.95. The number of carbonyl (C=O) groups is 1. The molecule has 0 aromatic heterocycles. The number of halogens is 1. The Morgan fingerprint density at radius 3 is 2.53 bits per heavy atom. The van der Waals surface area contributed by atoms with Crippen LogP contribution in [0.5, 0.6) is 0 Å². The average Bonchev–Trinajstić information content (AvgIpc) is 2.22. The molecule has 1 atom stereocenters. The van der Waals surface area contributed by atoms with Gasteiger partial charge in [0.25, 0.3) is 0 Å². The highest BCUT2D eigenvalue weighted by Crippen LogP contribution is 2.08. The lowest BCUT2D eigenvalue weighted by Crippen LogP contribution is -2.37. The normalized spacial score (nSPS) is 11.6. The van der Waals surface area contributed by atoms with Crippen LogP contribution in [0.4, 0.5) is 10.1 Å². The molecule has 1 rings (SSSR count). The van der Waals surface area contributed by atoms with Crippen molar-refractivity contribution < 1.29 is 14.0 Å². The molecule has 15 heavy (non-hydrogen) atoms. The summed E-state index contributed by atoms with van der Waals surface area (Å²) in [5.41, 5.74) is 0.473. The number of nitrogens with one attached hydrogen (secondary N) is 2. The molecule has 1 radical (unpaired) electrons. The minimum atomic E-state index is -0.674. The van der Waals surface area contributed by atoms with Crippen LogP contribution in [0.25, 0.3) is 0 Å². The van der Waals surface area contributed by atoms with Gasteiger partial charge < -0.3 is 10.6 Å². The van der Waals surface area contributed by atoms with E-state index in [1.807, 2.05) is 0 Å². The standard InChI is InChI=1S/C10H10FN2O2/c1-7(12-6-14)10(15)13-9-4-2-8(11)3-5-9/h2-5,7H,1H3,(H,12,14)(H,13,15)/t7-/m0/s1. The van der Waals surface area contributed by atoms with Crippen molar-refractivity contribution in [2.24, 2.45) is 0 Å². The van der Waals surface area contributed by atoms with Gasteiger partial charge in [0.2, 0.25) is 5.91 Å². The van der Waals surface area contributed by atoms with Crippen LogP contribution < -0.4 is 10.6 Å². The molecule has 1 aromatic carbocycles. The molecule has 5 heteroatoms. The van der Waals surface area contributed by atoms with E-state index in [0.29, 0.717) is 5.69 Å². The molecule has 79 valence electrons. The second kappa shape index (κ2) is 5.09. The van der Waals surface area contributed by atoms with Gasteiger partial charge in [-0.1, -0.05) is 0 Å². The monoisotopic (exact) mass is 209 g/mol. The Morgan fingerprint density at radius 1 is 1.40 bits per heavy atom. The summed E-state index contributed by atoms with van der Waals surface area (Å²) in [5.74, 6) is -0.759. The van der Waals surface area contributed by atoms with Gasteiger partial charge in [-0.05, 0) is 31.2 Å². The first-order valence-corrected chi connectivity index (χ1v) is 4.32. The van der Waals surface area contributed by atoms with Crippen LogP contribution in [-0.2, 0) is 9.59 Å². The maximum absolute atomic E-state index is 12.5. The third-order valence-corrected chi connectivity index (χ3v) is 1.78. The summed E-state index contributed by atoms with van der Waals surface area (Å²) in [6.45, 7) is 1.52. The molecule has 2 amide bonds. The second-order valence-electron chi connectivity index (χ2n) is 2.96. The van der Waals surface area contributed by atoms with Gasteiger partial charge in [0, 0.05) is 5.69 Å². The zero-order valence-electron chi connectivity index (χ0n) is 8.08. The molecule has 0 fully saturated rings. The van der Waals surface area contributed by atoms with Gasteiger partial charge in [-0.25, -0.2) is 4.39 Å². The fraction of sp³-hybridized carbons (Fsp3) is 0.200. The van der Waals surface area contributed by atoms with Crippen molar-refractivity contribution in [3.8, 4) is 0 Å². The van der Waals surface area contributed by atoms with Crippen LogP contribution in [0.2, 0.25) is 0 Å². The Morgan fingerprint density at radius 2 is 2.00 bits per heavy atom. The molecule has 0 saturated carbocycles. The van der Waals surface area contributed by atoms with Crippen molar-refractivity contribution >= 4 is 18.0 Å². The minimum absolute atomic E-state index is 0.375. The van der Waals surface area contributed by atoms with Gasteiger partial charge in [-0.3, -0.25) is 9.59 Å². The molecular formula is C10H10FN2O2. The van der Waals surface area contributed by atoms with E-state index in [0.717, 1.165) is 0 Å². The molecule has 0 saturated heterocycles. The Kier molecular flexibility index (Phi) is 3.79. The topological polar surface area (TPSA) is 58.2 Å². The van der Waals surface area contributed by atoms with Crippen molar-refractivity contribution in [3.05, 3.63) is 30.1 Å². The number of benzene rings is 1. The molecule has 0 bridgehead atoms. The van der Waals surface area contributed by atoms with Gasteiger partial charge >= 0.3 is 6.41 Å². The molecule has 0 aliphatic heterocycles. The lowest BCUT2D eigenvalue weighted by Gasteiger charge is -2.10. The van der Waals surface area contributed by atoms with Crippen molar-refractivity contribution in [1.29, 1.82) is 0 Å². The number of anilines is 1. The Hall–Kier alpha value is -1.91. The quantitative estimate of drug-likeness (QED) is 0.721. The number of rotatable bonds is 4. The van der Waals surface area contributed by atoms with Gasteiger partial charge in [-0.2, -0.15) is 0 Å². The van der Waals surface area contributed by atoms with Gasteiger partial charge in [0.05, 0.1) is 0 Å². The van der Waals surface area contributed by atoms with E-state index in [2.05, 4.69) is 10.6 Å². The maximum Gasteiger partial charge on any atom is 0.309 e. The SMILES string of the molecule is C[C@H](N[C]=O)C(=O)Nc1ccc(F)cc1. The van der Waals surface area contributed by atoms with E-state index < -0.39 is 6.04 Å². The maximum atomic E-state index is 12.5. The first kappa shape index (κ1) is 11.2. The molecule has 0 aliphatic carbocycles. The largest absolute Gasteiger partial charge is 0.336 e. The highest BCUT2D eigenvalue weighted by atomic mass is 19.1. The van der Waals surface area contributed by atoms with E-state index in [-0.39, 0.29) is 11.7 Å². The van der Waals surface area contributed by atoms with E-state index in [1.165, 1.54) is 37.6 Å². The summed E-state index contributed by atoms with van der Waals surface area (Å²) >= 11 is 0. The van der Waals surface area contributed by atoms with Crippen LogP contribution >= 0.6 is 0 Å². The zero-order valence-corrected chi connectivity index (χ0v) is 8.08. The summed E-state index contributed by atoms with van der Waals surface area (Å²) in [5, 5.41) is 4.69. The van der Waals surface area contributed by atoms with Crippen molar-refractivity contribution in [1.82, 2.24) is 5.32 Å². The van der Waals surface area contributed by atoms with Crippen LogP contribution in [0.1, 0.15) is 6.92 Å². The zero-order chi connectivity index (χ0) is 11.3. The molecule has 2 N–H and O–H groups in total. The van der Waals surface area contributed by atoms with Gasteiger partial charge in [0.1, 0.15) is 11.9 Å². The molecule has 4 nitrogen and oxygen atoms in total. The third kappa shape index (κ3) is 3.38.